The molecule has 0 unspecified atom stereocenters. The number of carbonyl (C=O) groups is 1. The maximum absolute atomic E-state index is 11.4. The molecule has 1 aromatic rings. The molecular formula is C15H20O4. The van der Waals surface area contributed by atoms with Gasteiger partial charge in [0.15, 0.2) is 0 Å². The van der Waals surface area contributed by atoms with Crippen LogP contribution in [0.5, 0.6) is 5.75 Å². The lowest BCUT2D eigenvalue weighted by molar-refractivity contribution is -0.316. The summed E-state index contributed by atoms with van der Waals surface area (Å²) in [6.45, 7) is 7.97. The second kappa shape index (κ2) is 6.95. The lowest BCUT2D eigenvalue weighted by atomic mass is 10.2. The zero-order valence-corrected chi connectivity index (χ0v) is 11.8. The molecule has 104 valence electrons. The predicted molar refractivity (Wildman–Crippen MR) is 73.6 cm³/mol. The van der Waals surface area contributed by atoms with Gasteiger partial charge in [0.1, 0.15) is 11.4 Å². The van der Waals surface area contributed by atoms with Crippen LogP contribution in [0, 0.1) is 0 Å². The highest BCUT2D eigenvalue weighted by Gasteiger charge is 2.13. The molecule has 1 aromatic carbocycles. The number of rotatable bonds is 5. The highest BCUT2D eigenvalue weighted by molar-refractivity contribution is 5.86. The van der Waals surface area contributed by atoms with Crippen LogP contribution in [0.2, 0.25) is 0 Å². The fourth-order valence-corrected chi connectivity index (χ4v) is 1.20. The molecule has 0 radical (unpaired) electrons. The summed E-state index contributed by atoms with van der Waals surface area (Å²) in [6.07, 6.45) is 2.98. The van der Waals surface area contributed by atoms with Gasteiger partial charge in [-0.2, -0.15) is 4.89 Å². The third kappa shape index (κ3) is 6.62. The van der Waals surface area contributed by atoms with Gasteiger partial charge in [-0.1, -0.05) is 12.1 Å². The van der Waals surface area contributed by atoms with Crippen LogP contribution in [-0.4, -0.2) is 18.2 Å². The van der Waals surface area contributed by atoms with Gasteiger partial charge in [0, 0.05) is 6.08 Å². The minimum absolute atomic E-state index is 0.511. The molecule has 0 aliphatic rings. The summed E-state index contributed by atoms with van der Waals surface area (Å²) in [5.41, 5.74) is 0.374. The highest BCUT2D eigenvalue weighted by Crippen LogP contribution is 2.13. The Morgan fingerprint density at radius 2 is 1.84 bits per heavy atom. The van der Waals surface area contributed by atoms with Crippen molar-refractivity contribution in [3.8, 4) is 5.75 Å². The molecule has 0 amide bonds. The lowest BCUT2D eigenvalue weighted by Crippen LogP contribution is -2.21. The molecule has 0 saturated heterocycles. The van der Waals surface area contributed by atoms with E-state index < -0.39 is 11.6 Å². The predicted octanol–water partition coefficient (Wildman–Crippen LogP) is 3.37. The van der Waals surface area contributed by atoms with Gasteiger partial charge in [-0.3, -0.25) is 4.89 Å². The zero-order chi connectivity index (χ0) is 14.3. The molecule has 4 nitrogen and oxygen atoms in total. The van der Waals surface area contributed by atoms with E-state index in [0.29, 0.717) is 6.61 Å². The maximum atomic E-state index is 11.4. The average molecular weight is 264 g/mol. The molecule has 0 bridgehead atoms. The molecule has 19 heavy (non-hydrogen) atoms. The first-order chi connectivity index (χ1) is 8.90. The molecule has 0 atom stereocenters. The van der Waals surface area contributed by atoms with Crippen molar-refractivity contribution in [2.75, 3.05) is 6.61 Å². The molecule has 0 aliphatic heterocycles. The van der Waals surface area contributed by atoms with E-state index in [9.17, 15) is 4.79 Å². The Morgan fingerprint density at radius 3 is 2.37 bits per heavy atom. The van der Waals surface area contributed by atoms with Gasteiger partial charge in [0.05, 0.1) is 6.61 Å². The first-order valence-corrected chi connectivity index (χ1v) is 6.21. The smallest absolute Gasteiger partial charge is 0.365 e. The molecule has 0 aromatic heterocycles. The molecule has 4 heteroatoms. The number of ether oxygens (including phenoxy) is 1. The fourth-order valence-electron chi connectivity index (χ4n) is 1.20. The summed E-state index contributed by atoms with van der Waals surface area (Å²) in [4.78, 5) is 20.9. The summed E-state index contributed by atoms with van der Waals surface area (Å²) in [5.74, 6) is 0.266. The summed E-state index contributed by atoms with van der Waals surface area (Å²) in [5, 5.41) is 0. The monoisotopic (exact) mass is 264 g/mol. The van der Waals surface area contributed by atoms with E-state index in [-0.39, 0.29) is 0 Å². The SMILES string of the molecule is CCOc1ccc(/C=C/C(=O)OOC(C)(C)C)cc1. The molecule has 1 rings (SSSR count). The van der Waals surface area contributed by atoms with Gasteiger partial charge in [-0.25, -0.2) is 4.79 Å². The molecule has 0 spiro atoms. The largest absolute Gasteiger partial charge is 0.494 e. The van der Waals surface area contributed by atoms with E-state index in [2.05, 4.69) is 4.89 Å². The quantitative estimate of drug-likeness (QED) is 0.464. The molecular weight excluding hydrogens is 244 g/mol. The Hall–Kier alpha value is -1.81. The van der Waals surface area contributed by atoms with E-state index in [0.717, 1.165) is 11.3 Å². The normalized spacial score (nSPS) is 11.6. The van der Waals surface area contributed by atoms with Crippen LogP contribution in [0.4, 0.5) is 0 Å². The Balaban J connectivity index is 2.49. The zero-order valence-electron chi connectivity index (χ0n) is 11.8. The topological polar surface area (TPSA) is 44.8 Å². The van der Waals surface area contributed by atoms with Gasteiger partial charge in [0.25, 0.3) is 0 Å². The van der Waals surface area contributed by atoms with E-state index in [1.807, 2.05) is 31.2 Å². The van der Waals surface area contributed by atoms with Crippen LogP contribution < -0.4 is 4.74 Å². The summed E-state index contributed by atoms with van der Waals surface area (Å²) in [6, 6.07) is 7.42. The van der Waals surface area contributed by atoms with Crippen molar-refractivity contribution in [1.29, 1.82) is 0 Å². The summed E-state index contributed by atoms with van der Waals surface area (Å²) >= 11 is 0. The first-order valence-electron chi connectivity index (χ1n) is 6.21. The van der Waals surface area contributed by atoms with Crippen LogP contribution in [0.1, 0.15) is 33.3 Å². The van der Waals surface area contributed by atoms with Crippen molar-refractivity contribution in [2.45, 2.75) is 33.3 Å². The summed E-state index contributed by atoms with van der Waals surface area (Å²) < 4.78 is 5.33. The van der Waals surface area contributed by atoms with Crippen molar-refractivity contribution in [3.05, 3.63) is 35.9 Å². The Kier molecular flexibility index (Phi) is 5.57. The highest BCUT2D eigenvalue weighted by atomic mass is 17.2. The van der Waals surface area contributed by atoms with Gasteiger partial charge in [-0.05, 0) is 51.5 Å². The van der Waals surface area contributed by atoms with Crippen LogP contribution in [0.15, 0.2) is 30.3 Å². The lowest BCUT2D eigenvalue weighted by Gasteiger charge is -2.15. The van der Waals surface area contributed by atoms with Crippen molar-refractivity contribution >= 4 is 12.0 Å². The van der Waals surface area contributed by atoms with Crippen LogP contribution in [-0.2, 0) is 14.6 Å². The number of hydrogen-bond acceptors (Lipinski definition) is 4. The Bertz CT molecular complexity index is 426. The van der Waals surface area contributed by atoms with Crippen LogP contribution in [0.25, 0.3) is 6.08 Å². The van der Waals surface area contributed by atoms with Crippen molar-refractivity contribution in [2.24, 2.45) is 0 Å². The minimum atomic E-state index is -0.538. The molecule has 0 heterocycles. The minimum Gasteiger partial charge on any atom is -0.494 e. The Labute approximate surface area is 113 Å². The van der Waals surface area contributed by atoms with Crippen LogP contribution >= 0.6 is 0 Å². The van der Waals surface area contributed by atoms with Crippen molar-refractivity contribution in [1.82, 2.24) is 0 Å². The first kappa shape index (κ1) is 15.2. The fraction of sp³-hybridized carbons (Fsp3) is 0.400. The molecule has 0 N–H and O–H groups in total. The standard InChI is InChI=1S/C15H20O4/c1-5-17-13-9-6-12(7-10-13)8-11-14(16)18-19-15(2,3)4/h6-11H,5H2,1-4H3/b11-8+. The molecule has 0 fully saturated rings. The summed E-state index contributed by atoms with van der Waals surface area (Å²) in [7, 11) is 0. The second-order valence-corrected chi connectivity index (χ2v) is 4.93. The number of hydrogen-bond donors (Lipinski definition) is 0. The third-order valence-corrected chi connectivity index (χ3v) is 1.98. The third-order valence-electron chi connectivity index (χ3n) is 1.98. The van der Waals surface area contributed by atoms with Crippen LogP contribution in [0.3, 0.4) is 0 Å². The van der Waals surface area contributed by atoms with E-state index in [1.54, 1.807) is 26.8 Å². The number of carbonyl (C=O) groups excluding carboxylic acids is 1. The van der Waals surface area contributed by atoms with E-state index in [1.165, 1.54) is 6.08 Å². The number of benzene rings is 1. The van der Waals surface area contributed by atoms with Gasteiger partial charge in [-0.15, -0.1) is 0 Å². The molecule has 0 aliphatic carbocycles. The Morgan fingerprint density at radius 1 is 1.21 bits per heavy atom. The van der Waals surface area contributed by atoms with E-state index >= 15 is 0 Å². The van der Waals surface area contributed by atoms with Gasteiger partial charge >= 0.3 is 5.97 Å². The second-order valence-electron chi connectivity index (χ2n) is 4.93. The average Bonchev–Trinajstić information content (AvgIpc) is 2.35. The van der Waals surface area contributed by atoms with Gasteiger partial charge in [0.2, 0.25) is 0 Å². The molecule has 0 saturated carbocycles. The van der Waals surface area contributed by atoms with Gasteiger partial charge < -0.3 is 4.74 Å². The maximum Gasteiger partial charge on any atom is 0.365 e. The van der Waals surface area contributed by atoms with E-state index in [4.69, 9.17) is 9.62 Å². The van der Waals surface area contributed by atoms with Crippen molar-refractivity contribution < 1.29 is 19.3 Å². The van der Waals surface area contributed by atoms with Crippen molar-refractivity contribution in [3.63, 3.8) is 0 Å².